The molecule has 0 saturated carbocycles. The van der Waals surface area contributed by atoms with Crippen molar-refractivity contribution in [1.82, 2.24) is 0 Å². The van der Waals surface area contributed by atoms with Gasteiger partial charge in [0.2, 0.25) is 0 Å². The van der Waals surface area contributed by atoms with E-state index in [0.717, 1.165) is 24.4 Å². The molecule has 104 valence electrons. The normalized spacial score (nSPS) is 10.0. The van der Waals surface area contributed by atoms with Crippen molar-refractivity contribution in [3.05, 3.63) is 46.2 Å². The van der Waals surface area contributed by atoms with Crippen molar-refractivity contribution in [1.29, 1.82) is 5.26 Å². The summed E-state index contributed by atoms with van der Waals surface area (Å²) in [4.78, 5) is 2.65. The zero-order valence-corrected chi connectivity index (χ0v) is 12.4. The Kier molecular flexibility index (Phi) is 5.45. The van der Waals surface area contributed by atoms with Crippen LogP contribution in [0.15, 0.2) is 36.4 Å². The van der Waals surface area contributed by atoms with E-state index in [1.165, 1.54) is 9.75 Å². The van der Waals surface area contributed by atoms with Crippen molar-refractivity contribution in [2.45, 2.75) is 26.3 Å². The summed E-state index contributed by atoms with van der Waals surface area (Å²) in [6, 6.07) is 14.3. The van der Waals surface area contributed by atoms with Crippen LogP contribution in [0, 0.1) is 18.3 Å². The highest BCUT2D eigenvalue weighted by Gasteiger charge is 1.99. The first-order valence-corrected chi connectivity index (χ1v) is 7.48. The third-order valence-electron chi connectivity index (χ3n) is 2.80. The van der Waals surface area contributed by atoms with E-state index in [4.69, 9.17) is 10.00 Å². The zero-order chi connectivity index (χ0) is 14.2. The van der Waals surface area contributed by atoms with E-state index in [1.807, 2.05) is 24.3 Å². The minimum atomic E-state index is 0.537. The van der Waals surface area contributed by atoms with Gasteiger partial charge >= 0.3 is 0 Å². The van der Waals surface area contributed by atoms with Gasteiger partial charge in [-0.1, -0.05) is 6.07 Å². The molecule has 0 unspecified atom stereocenters. The molecule has 2 aromatic rings. The maximum Gasteiger partial charge on any atom is 0.121 e. The molecule has 0 saturated heterocycles. The molecule has 1 N–H and O–H groups in total. The van der Waals surface area contributed by atoms with Crippen molar-refractivity contribution < 1.29 is 4.74 Å². The lowest BCUT2D eigenvalue weighted by molar-refractivity contribution is 0.313. The number of benzene rings is 1. The lowest BCUT2D eigenvalue weighted by Gasteiger charge is -2.08. The molecule has 1 aromatic carbocycles. The number of nitrogens with zero attached hydrogens (tertiary/aromatic N) is 1. The van der Waals surface area contributed by atoms with Gasteiger partial charge in [0, 0.05) is 34.5 Å². The number of aryl methyl sites for hydroxylation is 1. The molecule has 1 aromatic heterocycles. The molecule has 0 aliphatic rings. The molecule has 0 amide bonds. The smallest absolute Gasteiger partial charge is 0.121 e. The highest BCUT2D eigenvalue weighted by atomic mass is 32.1. The lowest BCUT2D eigenvalue weighted by Crippen LogP contribution is -1.99. The Hall–Kier alpha value is -1.99. The molecule has 3 nitrogen and oxygen atoms in total. The van der Waals surface area contributed by atoms with E-state index >= 15 is 0 Å². The summed E-state index contributed by atoms with van der Waals surface area (Å²) in [5, 5.41) is 11.9. The van der Waals surface area contributed by atoms with Crippen LogP contribution < -0.4 is 10.1 Å². The first-order valence-electron chi connectivity index (χ1n) is 6.67. The minimum absolute atomic E-state index is 0.537. The molecule has 20 heavy (non-hydrogen) atoms. The molecule has 4 heteroatoms. The number of rotatable bonds is 7. The van der Waals surface area contributed by atoms with Crippen LogP contribution in [0.4, 0.5) is 5.69 Å². The summed E-state index contributed by atoms with van der Waals surface area (Å²) in [5.74, 6) is 0.843. The zero-order valence-electron chi connectivity index (χ0n) is 11.6. The van der Waals surface area contributed by atoms with Gasteiger partial charge in [-0.2, -0.15) is 5.26 Å². The fourth-order valence-corrected chi connectivity index (χ4v) is 2.64. The van der Waals surface area contributed by atoms with E-state index < -0.39 is 0 Å². The number of nitriles is 1. The van der Waals surface area contributed by atoms with E-state index in [2.05, 4.69) is 30.4 Å². The topological polar surface area (TPSA) is 45.0 Å². The van der Waals surface area contributed by atoms with Crippen LogP contribution in [0.1, 0.15) is 22.6 Å². The number of anilines is 1. The Labute approximate surface area is 123 Å². The van der Waals surface area contributed by atoms with E-state index in [9.17, 15) is 0 Å². The standard InChI is InChI=1S/C16H18N2OS/c1-13-7-8-16(20-13)12-18-14-5-4-6-15(11-14)19-10-3-2-9-17/h4-8,11,18H,2-3,10,12H2,1H3. The number of hydrogen-bond donors (Lipinski definition) is 1. The van der Waals surface area contributed by atoms with Crippen molar-refractivity contribution in [3.63, 3.8) is 0 Å². The van der Waals surface area contributed by atoms with Crippen LogP contribution in [-0.4, -0.2) is 6.61 Å². The molecule has 1 heterocycles. The SMILES string of the molecule is Cc1ccc(CNc2cccc(OCCCC#N)c2)s1. The number of thiophene rings is 1. The average molecular weight is 286 g/mol. The van der Waals surface area contributed by atoms with Crippen LogP contribution in [0.5, 0.6) is 5.75 Å². The fraction of sp³-hybridized carbons (Fsp3) is 0.312. The van der Waals surface area contributed by atoms with E-state index in [0.29, 0.717) is 13.0 Å². The molecule has 0 fully saturated rings. The van der Waals surface area contributed by atoms with Gasteiger partial charge in [-0.15, -0.1) is 11.3 Å². The van der Waals surface area contributed by atoms with Gasteiger partial charge in [0.25, 0.3) is 0 Å². The van der Waals surface area contributed by atoms with Crippen LogP contribution in [0.3, 0.4) is 0 Å². The first-order chi connectivity index (χ1) is 9.78. The Morgan fingerprint density at radius 3 is 2.95 bits per heavy atom. The average Bonchev–Trinajstić information content (AvgIpc) is 2.88. The Balaban J connectivity index is 1.84. The molecule has 0 bridgehead atoms. The number of hydrogen-bond acceptors (Lipinski definition) is 4. The number of nitrogens with one attached hydrogen (secondary N) is 1. The van der Waals surface area contributed by atoms with Gasteiger partial charge < -0.3 is 10.1 Å². The molecule has 0 spiro atoms. The van der Waals surface area contributed by atoms with Gasteiger partial charge in [-0.25, -0.2) is 0 Å². The van der Waals surface area contributed by atoms with Crippen molar-refractivity contribution in [2.75, 3.05) is 11.9 Å². The third kappa shape index (κ3) is 4.60. The maximum atomic E-state index is 8.47. The molecule has 2 rings (SSSR count). The van der Waals surface area contributed by atoms with Gasteiger partial charge in [-0.3, -0.25) is 0 Å². The monoisotopic (exact) mass is 286 g/mol. The van der Waals surface area contributed by atoms with Gasteiger partial charge in [0.1, 0.15) is 5.75 Å². The lowest BCUT2D eigenvalue weighted by atomic mass is 10.3. The number of ether oxygens (including phenoxy) is 1. The first kappa shape index (κ1) is 14.4. The highest BCUT2D eigenvalue weighted by molar-refractivity contribution is 7.11. The van der Waals surface area contributed by atoms with Crippen LogP contribution >= 0.6 is 11.3 Å². The van der Waals surface area contributed by atoms with Crippen molar-refractivity contribution in [3.8, 4) is 11.8 Å². The molecule has 0 aliphatic heterocycles. The number of unbranched alkanes of at least 4 members (excludes halogenated alkanes) is 1. The van der Waals surface area contributed by atoms with Crippen molar-refractivity contribution in [2.24, 2.45) is 0 Å². The molecule has 0 radical (unpaired) electrons. The second-order valence-corrected chi connectivity index (χ2v) is 5.88. The highest BCUT2D eigenvalue weighted by Crippen LogP contribution is 2.20. The van der Waals surface area contributed by atoms with E-state index in [1.54, 1.807) is 11.3 Å². The molecule has 0 atom stereocenters. The van der Waals surface area contributed by atoms with Crippen molar-refractivity contribution >= 4 is 17.0 Å². The summed E-state index contributed by atoms with van der Waals surface area (Å²) in [6.45, 7) is 3.53. The largest absolute Gasteiger partial charge is 0.493 e. The summed E-state index contributed by atoms with van der Waals surface area (Å²) in [6.07, 6.45) is 1.30. The summed E-state index contributed by atoms with van der Waals surface area (Å²) >= 11 is 1.81. The summed E-state index contributed by atoms with van der Waals surface area (Å²) in [7, 11) is 0. The second kappa shape index (κ2) is 7.56. The predicted octanol–water partition coefficient (Wildman–Crippen LogP) is 4.35. The van der Waals surface area contributed by atoms with Crippen LogP contribution in [-0.2, 0) is 6.54 Å². The van der Waals surface area contributed by atoms with Crippen LogP contribution in [0.25, 0.3) is 0 Å². The predicted molar refractivity (Wildman–Crippen MR) is 83.2 cm³/mol. The second-order valence-electron chi connectivity index (χ2n) is 4.50. The Morgan fingerprint density at radius 1 is 1.30 bits per heavy atom. The van der Waals surface area contributed by atoms with Crippen LogP contribution in [0.2, 0.25) is 0 Å². The molecule has 0 aliphatic carbocycles. The Morgan fingerprint density at radius 2 is 2.20 bits per heavy atom. The maximum absolute atomic E-state index is 8.47. The minimum Gasteiger partial charge on any atom is -0.493 e. The summed E-state index contributed by atoms with van der Waals surface area (Å²) < 4.78 is 5.62. The Bertz CT molecular complexity index is 586. The molecular formula is C16H18N2OS. The quantitative estimate of drug-likeness (QED) is 0.770. The van der Waals surface area contributed by atoms with E-state index in [-0.39, 0.29) is 0 Å². The van der Waals surface area contributed by atoms with Gasteiger partial charge in [-0.05, 0) is 37.6 Å². The fourth-order valence-electron chi connectivity index (χ4n) is 1.81. The third-order valence-corrected chi connectivity index (χ3v) is 3.80. The molecular weight excluding hydrogens is 268 g/mol. The summed E-state index contributed by atoms with van der Waals surface area (Å²) in [5.41, 5.74) is 1.05. The van der Waals surface area contributed by atoms with Gasteiger partial charge in [0.15, 0.2) is 0 Å². The van der Waals surface area contributed by atoms with Gasteiger partial charge in [0.05, 0.1) is 12.7 Å².